The molecule has 1 aromatic rings. The normalized spacial score (nSPS) is 12.4. The van der Waals surface area contributed by atoms with Crippen molar-refractivity contribution in [3.63, 3.8) is 0 Å². The Morgan fingerprint density at radius 2 is 1.86 bits per heavy atom. The predicted octanol–water partition coefficient (Wildman–Crippen LogP) is 3.62. The van der Waals surface area contributed by atoms with Crippen molar-refractivity contribution < 1.29 is 31.1 Å². The van der Waals surface area contributed by atoms with Gasteiger partial charge in [-0.1, -0.05) is 11.6 Å². The minimum atomic E-state index is -4.35. The molecule has 0 saturated heterocycles. The molecule has 120 valence electrons. The van der Waals surface area contributed by atoms with Crippen molar-refractivity contribution in [2.75, 3.05) is 19.8 Å². The first-order chi connectivity index (χ1) is 9.59. The maximum absolute atomic E-state index is 11.8. The Balaban J connectivity index is 2.40. The average molecular weight is 367 g/mol. The highest BCUT2D eigenvalue weighted by molar-refractivity contribution is 8.13. The van der Waals surface area contributed by atoms with E-state index in [-0.39, 0.29) is 35.3 Å². The van der Waals surface area contributed by atoms with Gasteiger partial charge in [-0.15, -0.1) is 0 Å². The lowest BCUT2D eigenvalue weighted by atomic mass is 10.3. The minimum Gasteiger partial charge on any atom is -0.492 e. The van der Waals surface area contributed by atoms with Crippen LogP contribution in [0.4, 0.5) is 13.2 Å². The minimum absolute atomic E-state index is 0.0351. The predicted molar refractivity (Wildman–Crippen MR) is 71.5 cm³/mol. The van der Waals surface area contributed by atoms with Gasteiger partial charge < -0.3 is 9.47 Å². The zero-order valence-electron chi connectivity index (χ0n) is 10.5. The van der Waals surface area contributed by atoms with Crippen LogP contribution < -0.4 is 4.74 Å². The smallest absolute Gasteiger partial charge is 0.411 e. The lowest BCUT2D eigenvalue weighted by Gasteiger charge is -2.10. The number of benzene rings is 1. The first-order valence-electron chi connectivity index (χ1n) is 5.61. The molecule has 21 heavy (non-hydrogen) atoms. The number of hydrogen-bond acceptors (Lipinski definition) is 4. The van der Waals surface area contributed by atoms with E-state index in [1.807, 2.05) is 0 Å². The van der Waals surface area contributed by atoms with Crippen LogP contribution in [-0.4, -0.2) is 34.4 Å². The molecule has 0 atom stereocenters. The lowest BCUT2D eigenvalue weighted by Crippen LogP contribution is -2.18. The van der Waals surface area contributed by atoms with E-state index in [2.05, 4.69) is 4.74 Å². The third-order valence-corrected chi connectivity index (χ3v) is 3.79. The van der Waals surface area contributed by atoms with Gasteiger partial charge in [0.15, 0.2) is 0 Å². The third kappa shape index (κ3) is 7.21. The zero-order chi connectivity index (χ0) is 16.1. The summed E-state index contributed by atoms with van der Waals surface area (Å²) >= 11 is 5.81. The molecular weight excluding hydrogens is 356 g/mol. The van der Waals surface area contributed by atoms with Crippen molar-refractivity contribution in [1.82, 2.24) is 0 Å². The molecule has 0 N–H and O–H groups in total. The molecule has 0 bridgehead atoms. The Morgan fingerprint density at radius 1 is 1.19 bits per heavy atom. The summed E-state index contributed by atoms with van der Waals surface area (Å²) in [5.41, 5.74) is 0. The van der Waals surface area contributed by atoms with Crippen molar-refractivity contribution in [1.29, 1.82) is 0 Å². The van der Waals surface area contributed by atoms with Gasteiger partial charge in [0.2, 0.25) is 0 Å². The second-order valence-electron chi connectivity index (χ2n) is 3.90. The standard InChI is InChI=1S/C11H11Cl2F3O4S/c12-9-6-8(21(13,17)18)2-3-10(9)20-5-1-4-19-7-11(14,15)16/h2-3,6H,1,4-5,7H2. The van der Waals surface area contributed by atoms with Gasteiger partial charge in [0.1, 0.15) is 12.4 Å². The summed E-state index contributed by atoms with van der Waals surface area (Å²) in [4.78, 5) is -0.171. The van der Waals surface area contributed by atoms with Gasteiger partial charge in [-0.3, -0.25) is 0 Å². The summed E-state index contributed by atoms with van der Waals surface area (Å²) in [6.07, 6.45) is -4.13. The number of rotatable bonds is 7. The van der Waals surface area contributed by atoms with Gasteiger partial charge in [0.05, 0.1) is 23.1 Å². The van der Waals surface area contributed by atoms with E-state index in [0.717, 1.165) is 6.07 Å². The van der Waals surface area contributed by atoms with Crippen molar-refractivity contribution in [2.24, 2.45) is 0 Å². The van der Waals surface area contributed by atoms with Gasteiger partial charge in [-0.2, -0.15) is 13.2 Å². The molecule has 0 heterocycles. The highest BCUT2D eigenvalue weighted by atomic mass is 35.7. The molecule has 1 aromatic carbocycles. The van der Waals surface area contributed by atoms with Crippen molar-refractivity contribution in [3.05, 3.63) is 23.2 Å². The molecule has 4 nitrogen and oxygen atoms in total. The second kappa shape index (κ2) is 7.53. The molecule has 1 rings (SSSR count). The van der Waals surface area contributed by atoms with E-state index in [1.165, 1.54) is 12.1 Å². The summed E-state index contributed by atoms with van der Waals surface area (Å²) in [5.74, 6) is 0.205. The summed E-state index contributed by atoms with van der Waals surface area (Å²) in [5, 5.41) is 0.0351. The maximum Gasteiger partial charge on any atom is 0.411 e. The average Bonchev–Trinajstić information content (AvgIpc) is 2.32. The fourth-order valence-electron chi connectivity index (χ4n) is 1.28. The molecule has 0 radical (unpaired) electrons. The van der Waals surface area contributed by atoms with Crippen molar-refractivity contribution >= 4 is 31.3 Å². The van der Waals surface area contributed by atoms with E-state index < -0.39 is 21.8 Å². The van der Waals surface area contributed by atoms with E-state index in [0.29, 0.717) is 0 Å². The first kappa shape index (κ1) is 18.3. The number of halogens is 5. The number of alkyl halides is 3. The highest BCUT2D eigenvalue weighted by Gasteiger charge is 2.27. The topological polar surface area (TPSA) is 52.6 Å². The van der Waals surface area contributed by atoms with Gasteiger partial charge >= 0.3 is 6.18 Å². The molecule has 0 aliphatic heterocycles. The monoisotopic (exact) mass is 366 g/mol. The van der Waals surface area contributed by atoms with Crippen molar-refractivity contribution in [2.45, 2.75) is 17.5 Å². The van der Waals surface area contributed by atoms with Crippen LogP contribution in [0.25, 0.3) is 0 Å². The van der Waals surface area contributed by atoms with Crippen LogP contribution in [0.3, 0.4) is 0 Å². The molecule has 10 heteroatoms. The molecule has 0 amide bonds. The zero-order valence-corrected chi connectivity index (χ0v) is 12.8. The summed E-state index contributed by atoms with van der Waals surface area (Å²) in [7, 11) is 1.26. The van der Waals surface area contributed by atoms with Crippen LogP contribution in [0, 0.1) is 0 Å². The quantitative estimate of drug-likeness (QED) is 0.546. The molecule has 0 unspecified atom stereocenters. The molecule has 0 fully saturated rings. The Labute approximate surface area is 129 Å². The molecule has 0 saturated carbocycles. The number of ether oxygens (including phenoxy) is 2. The summed E-state index contributed by atoms with van der Waals surface area (Å²) < 4.78 is 67.1. The molecule has 0 spiro atoms. The Morgan fingerprint density at radius 3 is 2.38 bits per heavy atom. The van der Waals surface area contributed by atoms with E-state index in [9.17, 15) is 21.6 Å². The number of hydrogen-bond donors (Lipinski definition) is 0. The first-order valence-corrected chi connectivity index (χ1v) is 8.30. The van der Waals surface area contributed by atoms with Crippen LogP contribution in [0.15, 0.2) is 23.1 Å². The maximum atomic E-state index is 11.8. The van der Waals surface area contributed by atoms with E-state index in [4.69, 9.17) is 27.0 Å². The lowest BCUT2D eigenvalue weighted by molar-refractivity contribution is -0.174. The SMILES string of the molecule is O=S(=O)(Cl)c1ccc(OCCCOCC(F)(F)F)c(Cl)c1. The summed E-state index contributed by atoms with van der Waals surface area (Å²) in [6.45, 7) is -1.36. The third-order valence-electron chi connectivity index (χ3n) is 2.14. The van der Waals surface area contributed by atoms with Crippen LogP contribution in [0.5, 0.6) is 5.75 Å². The summed E-state index contributed by atoms with van der Waals surface area (Å²) in [6, 6.07) is 3.65. The molecule has 0 aliphatic carbocycles. The fourth-order valence-corrected chi connectivity index (χ4v) is 2.36. The van der Waals surface area contributed by atoms with E-state index in [1.54, 1.807) is 0 Å². The Kier molecular flexibility index (Phi) is 6.58. The Hall–Kier alpha value is -0.700. The van der Waals surface area contributed by atoms with Gasteiger partial charge in [0, 0.05) is 17.1 Å². The van der Waals surface area contributed by atoms with Crippen LogP contribution in [0.2, 0.25) is 5.02 Å². The van der Waals surface area contributed by atoms with Crippen LogP contribution >= 0.6 is 22.3 Å². The fraction of sp³-hybridized carbons (Fsp3) is 0.455. The molecule has 0 aliphatic rings. The largest absolute Gasteiger partial charge is 0.492 e. The van der Waals surface area contributed by atoms with E-state index >= 15 is 0 Å². The van der Waals surface area contributed by atoms with Gasteiger partial charge in [-0.05, 0) is 18.2 Å². The van der Waals surface area contributed by atoms with Gasteiger partial charge in [0.25, 0.3) is 9.05 Å². The molecular formula is C11H11Cl2F3O4S. The van der Waals surface area contributed by atoms with Crippen LogP contribution in [-0.2, 0) is 13.8 Å². The highest BCUT2D eigenvalue weighted by Crippen LogP contribution is 2.28. The second-order valence-corrected chi connectivity index (χ2v) is 6.87. The van der Waals surface area contributed by atoms with Crippen molar-refractivity contribution in [3.8, 4) is 5.75 Å². The molecule has 0 aromatic heterocycles. The Bertz CT molecular complexity index is 575. The van der Waals surface area contributed by atoms with Gasteiger partial charge in [-0.25, -0.2) is 8.42 Å². The van der Waals surface area contributed by atoms with Crippen LogP contribution in [0.1, 0.15) is 6.42 Å².